The number of nitrogens with one attached hydrogen (secondary N) is 1. The maximum Gasteiger partial charge on any atom is 0.137 e. The Labute approximate surface area is 254 Å². The molecule has 1 aliphatic heterocycles. The molecule has 2 fully saturated rings. The Morgan fingerprint density at radius 1 is 1.28 bits per heavy atom. The molecule has 1 saturated heterocycles. The van der Waals surface area contributed by atoms with Gasteiger partial charge in [-0.15, -0.1) is 0 Å². The number of anilines is 1. The first-order valence-corrected chi connectivity index (χ1v) is 14.3. The normalized spacial score (nSPS) is 17.5. The van der Waals surface area contributed by atoms with Crippen LogP contribution in [0.15, 0.2) is 102 Å². The van der Waals surface area contributed by atoms with Crippen LogP contribution < -0.4 is 10.2 Å². The largest absolute Gasteiger partial charge is 0.387 e. The van der Waals surface area contributed by atoms with Gasteiger partial charge >= 0.3 is 0 Å². The summed E-state index contributed by atoms with van der Waals surface area (Å²) >= 11 is 0. The van der Waals surface area contributed by atoms with Crippen LogP contribution in [0.5, 0.6) is 0 Å². The van der Waals surface area contributed by atoms with E-state index in [0.29, 0.717) is 24.1 Å². The van der Waals surface area contributed by atoms with Crippen molar-refractivity contribution in [2.45, 2.75) is 66.2 Å². The summed E-state index contributed by atoms with van der Waals surface area (Å²) in [6.07, 6.45) is 11.4. The van der Waals surface area contributed by atoms with Crippen LogP contribution in [-0.2, 0) is 0 Å². The Bertz CT molecular complexity index is 1400. The molecule has 234 valence electrons. The topological polar surface area (TPSA) is 65.2 Å². The molecule has 1 aliphatic carbocycles. The highest BCUT2D eigenvalue weighted by atomic mass is 19.1. The average Bonchev–Trinajstić information content (AvgIpc) is 3.30. The minimum atomic E-state index is -1.14. The summed E-state index contributed by atoms with van der Waals surface area (Å²) in [5.74, 6) is -0.406. The number of aliphatic hydroxyl groups is 1. The SMILES string of the molecule is C=CNC(/C=C(\C=C)C(=C)N=C/C(F)=C\C)=C(C)C.CCF.Cc1cnn2ccc(N3CC4(C3)CC(O)(C(C)F)C4)cc12. The van der Waals surface area contributed by atoms with Crippen LogP contribution in [0.3, 0.4) is 0 Å². The fourth-order valence-electron chi connectivity index (χ4n) is 5.13. The van der Waals surface area contributed by atoms with E-state index in [-0.39, 0.29) is 12.1 Å². The molecule has 2 aliphatic rings. The molecular weight excluding hydrogens is 551 g/mol. The lowest BCUT2D eigenvalue weighted by atomic mass is 9.54. The van der Waals surface area contributed by atoms with Gasteiger partial charge in [-0.25, -0.2) is 13.3 Å². The number of fused-ring (bicyclic) bond motifs is 1. The number of halogens is 3. The van der Waals surface area contributed by atoms with Gasteiger partial charge in [0.05, 0.1) is 35.9 Å². The molecule has 0 aromatic carbocycles. The van der Waals surface area contributed by atoms with Crippen LogP contribution in [0.25, 0.3) is 5.52 Å². The van der Waals surface area contributed by atoms with Crippen LogP contribution in [0, 0.1) is 12.3 Å². The van der Waals surface area contributed by atoms with Crippen molar-refractivity contribution in [2.75, 3.05) is 24.7 Å². The lowest BCUT2D eigenvalue weighted by Crippen LogP contribution is -2.70. The molecule has 43 heavy (non-hydrogen) atoms. The van der Waals surface area contributed by atoms with Crippen LogP contribution in [0.4, 0.5) is 18.9 Å². The van der Waals surface area contributed by atoms with Gasteiger partial charge in [0.2, 0.25) is 0 Å². The molecule has 3 heterocycles. The van der Waals surface area contributed by atoms with Crippen molar-refractivity contribution in [2.24, 2.45) is 10.4 Å². The Kier molecular flexibility index (Phi) is 12.8. The molecule has 1 atom stereocenters. The van der Waals surface area contributed by atoms with E-state index in [9.17, 15) is 18.3 Å². The smallest absolute Gasteiger partial charge is 0.137 e. The zero-order valence-corrected chi connectivity index (χ0v) is 26.3. The lowest BCUT2D eigenvalue weighted by molar-refractivity contribution is -0.173. The third-order valence-corrected chi connectivity index (χ3v) is 7.49. The zero-order chi connectivity index (χ0) is 32.4. The summed E-state index contributed by atoms with van der Waals surface area (Å²) in [5.41, 5.74) is 5.62. The molecule has 1 saturated carbocycles. The van der Waals surface area contributed by atoms with Gasteiger partial charge in [-0.05, 0) is 84.4 Å². The van der Waals surface area contributed by atoms with E-state index in [1.165, 1.54) is 25.6 Å². The van der Waals surface area contributed by atoms with Gasteiger partial charge < -0.3 is 15.3 Å². The quantitative estimate of drug-likeness (QED) is 0.228. The van der Waals surface area contributed by atoms with E-state index in [1.54, 1.807) is 19.2 Å². The molecule has 9 heteroatoms. The predicted octanol–water partition coefficient (Wildman–Crippen LogP) is 7.89. The van der Waals surface area contributed by atoms with Crippen molar-refractivity contribution < 1.29 is 18.3 Å². The van der Waals surface area contributed by atoms with E-state index in [2.05, 4.69) is 59.1 Å². The van der Waals surface area contributed by atoms with Crippen LogP contribution in [-0.4, -0.2) is 52.5 Å². The third kappa shape index (κ3) is 9.07. The lowest BCUT2D eigenvalue weighted by Gasteiger charge is -2.63. The number of hydrogen-bond acceptors (Lipinski definition) is 5. The van der Waals surface area contributed by atoms with Crippen molar-refractivity contribution in [1.29, 1.82) is 0 Å². The predicted molar refractivity (Wildman–Crippen MR) is 173 cm³/mol. The second kappa shape index (κ2) is 15.6. The van der Waals surface area contributed by atoms with Gasteiger partial charge in [-0.3, -0.25) is 9.38 Å². The van der Waals surface area contributed by atoms with Gasteiger partial charge in [-0.1, -0.05) is 37.5 Å². The Hall–Kier alpha value is -3.85. The number of hydrogen-bond donors (Lipinski definition) is 2. The van der Waals surface area contributed by atoms with Crippen LogP contribution in [0.1, 0.15) is 53.0 Å². The summed E-state index contributed by atoms with van der Waals surface area (Å²) in [6.45, 7) is 23.2. The standard InChI is InChI=1S/C16H20FN3O.C16H21FN2.C2H5F/c1-11-6-18-20-4-3-13(5-14(11)20)19-9-15(10-19)7-16(21,8-15)12(2)17;1-7-14(10-16(12(4)5)18-9-3)13(6)19-11-15(17)8-2;1-2-3/h3-6,12,21H,7-10H2,1-2H3;7-11,18H,1,3,6H2,2,4-5H3;2H2,1H3/b;14-10+,15-8+,19-11?;. The highest BCUT2D eigenvalue weighted by Crippen LogP contribution is 2.56. The number of aryl methyl sites for hydroxylation is 1. The first kappa shape index (κ1) is 35.3. The number of allylic oxidation sites excluding steroid dienone is 5. The highest BCUT2D eigenvalue weighted by Gasteiger charge is 2.61. The molecular formula is C34H46F3N5O. The third-order valence-electron chi connectivity index (χ3n) is 7.49. The molecule has 4 rings (SSSR count). The Morgan fingerprint density at radius 3 is 2.42 bits per heavy atom. The van der Waals surface area contributed by atoms with Gasteiger partial charge in [-0.2, -0.15) is 5.10 Å². The Balaban J connectivity index is 0.000000277. The second-order valence-corrected chi connectivity index (χ2v) is 11.2. The molecule has 0 amide bonds. The summed E-state index contributed by atoms with van der Waals surface area (Å²) in [5, 5.41) is 17.4. The average molecular weight is 598 g/mol. The number of aliphatic imine (C=N–C) groups is 1. The van der Waals surface area contributed by atoms with E-state index in [4.69, 9.17) is 0 Å². The molecule has 2 aromatic heterocycles. The molecule has 2 N–H and O–H groups in total. The second-order valence-electron chi connectivity index (χ2n) is 11.2. The van der Waals surface area contributed by atoms with E-state index < -0.39 is 17.6 Å². The van der Waals surface area contributed by atoms with E-state index >= 15 is 0 Å². The van der Waals surface area contributed by atoms with Gasteiger partial charge in [0.15, 0.2) is 0 Å². The van der Waals surface area contributed by atoms with Crippen molar-refractivity contribution in [3.8, 4) is 0 Å². The number of aromatic nitrogens is 2. The molecule has 6 nitrogen and oxygen atoms in total. The fourth-order valence-corrected chi connectivity index (χ4v) is 5.13. The number of alkyl halides is 2. The zero-order valence-electron chi connectivity index (χ0n) is 26.3. The summed E-state index contributed by atoms with van der Waals surface area (Å²) < 4.78 is 38.5. The highest BCUT2D eigenvalue weighted by molar-refractivity contribution is 5.77. The first-order valence-electron chi connectivity index (χ1n) is 14.3. The fraction of sp³-hybridized carbons (Fsp3) is 0.412. The van der Waals surface area contributed by atoms with Crippen molar-refractivity contribution >= 4 is 17.4 Å². The van der Waals surface area contributed by atoms with Gasteiger partial charge in [0.1, 0.15) is 12.0 Å². The molecule has 0 radical (unpaired) electrons. The van der Waals surface area contributed by atoms with Crippen LogP contribution >= 0.6 is 0 Å². The summed E-state index contributed by atoms with van der Waals surface area (Å²) in [7, 11) is 0. The van der Waals surface area contributed by atoms with Crippen molar-refractivity contribution in [3.63, 3.8) is 0 Å². The number of rotatable bonds is 9. The molecule has 1 spiro atoms. The number of pyridine rings is 1. The minimum absolute atomic E-state index is 0.122. The maximum atomic E-state index is 13.4. The number of nitrogens with zero attached hydrogens (tertiary/aromatic N) is 4. The van der Waals surface area contributed by atoms with E-state index in [1.807, 2.05) is 36.8 Å². The Morgan fingerprint density at radius 2 is 1.91 bits per heavy atom. The van der Waals surface area contributed by atoms with E-state index in [0.717, 1.165) is 41.7 Å². The molecule has 0 bridgehead atoms. The van der Waals surface area contributed by atoms with Crippen molar-refractivity contribution in [3.05, 3.63) is 103 Å². The maximum absolute atomic E-state index is 13.4. The van der Waals surface area contributed by atoms with Crippen molar-refractivity contribution in [1.82, 2.24) is 14.9 Å². The van der Waals surface area contributed by atoms with Gasteiger partial charge in [0, 0.05) is 41.7 Å². The summed E-state index contributed by atoms with van der Waals surface area (Å²) in [6, 6.07) is 4.22. The minimum Gasteiger partial charge on any atom is -0.387 e. The van der Waals surface area contributed by atoms with Crippen LogP contribution in [0.2, 0.25) is 0 Å². The molecule has 2 aromatic rings. The summed E-state index contributed by atoms with van der Waals surface area (Å²) in [4.78, 5) is 6.26. The first-order chi connectivity index (χ1) is 20.3. The van der Waals surface area contributed by atoms with Gasteiger partial charge in [0.25, 0.3) is 0 Å². The monoisotopic (exact) mass is 597 g/mol. The molecule has 1 unspecified atom stereocenters.